The standard InChI is InChI=1S/C17H26N2O2/c1-3-21-15-10-8-14(9-11-15)18-12-17(20)19-16-7-5-4-6-13(16)2/h8-11,13,16,18H,3-7,12H2,1-2H3,(H,19,20). The maximum Gasteiger partial charge on any atom is 0.239 e. The molecule has 1 fully saturated rings. The number of anilines is 1. The second-order valence-corrected chi connectivity index (χ2v) is 5.75. The maximum atomic E-state index is 12.0. The second-order valence-electron chi connectivity index (χ2n) is 5.75. The van der Waals surface area contributed by atoms with Crippen LogP contribution in [0.1, 0.15) is 39.5 Å². The van der Waals surface area contributed by atoms with Gasteiger partial charge in [-0.1, -0.05) is 19.8 Å². The summed E-state index contributed by atoms with van der Waals surface area (Å²) in [6.07, 6.45) is 4.84. The highest BCUT2D eigenvalue weighted by atomic mass is 16.5. The summed E-state index contributed by atoms with van der Waals surface area (Å²) in [5, 5.41) is 6.29. The van der Waals surface area contributed by atoms with Crippen molar-refractivity contribution >= 4 is 11.6 Å². The highest BCUT2D eigenvalue weighted by Crippen LogP contribution is 2.23. The Kier molecular flexibility index (Phi) is 5.90. The molecule has 0 saturated heterocycles. The number of nitrogens with one attached hydrogen (secondary N) is 2. The van der Waals surface area contributed by atoms with Crippen molar-refractivity contribution in [1.82, 2.24) is 5.32 Å². The normalized spacial score (nSPS) is 21.6. The minimum atomic E-state index is 0.0719. The van der Waals surface area contributed by atoms with Gasteiger partial charge in [-0.2, -0.15) is 0 Å². The molecule has 116 valence electrons. The minimum absolute atomic E-state index is 0.0719. The zero-order chi connectivity index (χ0) is 15.1. The third kappa shape index (κ3) is 4.96. The number of ether oxygens (including phenoxy) is 1. The number of amides is 1. The van der Waals surface area contributed by atoms with Crippen LogP contribution in [0.25, 0.3) is 0 Å². The van der Waals surface area contributed by atoms with Crippen LogP contribution in [-0.4, -0.2) is 25.1 Å². The van der Waals surface area contributed by atoms with E-state index in [4.69, 9.17) is 4.74 Å². The van der Waals surface area contributed by atoms with Crippen molar-refractivity contribution < 1.29 is 9.53 Å². The van der Waals surface area contributed by atoms with E-state index in [1.54, 1.807) is 0 Å². The molecule has 1 aliphatic carbocycles. The van der Waals surface area contributed by atoms with Gasteiger partial charge < -0.3 is 15.4 Å². The molecule has 1 aliphatic rings. The first-order valence-corrected chi connectivity index (χ1v) is 7.95. The molecule has 1 saturated carbocycles. The van der Waals surface area contributed by atoms with Gasteiger partial charge in [0.1, 0.15) is 5.75 Å². The van der Waals surface area contributed by atoms with Gasteiger partial charge >= 0.3 is 0 Å². The van der Waals surface area contributed by atoms with Crippen LogP contribution in [0, 0.1) is 5.92 Å². The van der Waals surface area contributed by atoms with E-state index in [2.05, 4.69) is 17.6 Å². The Morgan fingerprint density at radius 2 is 1.95 bits per heavy atom. The molecular formula is C17H26N2O2. The van der Waals surface area contributed by atoms with Gasteiger partial charge in [-0.05, 0) is 49.9 Å². The monoisotopic (exact) mass is 290 g/mol. The first-order chi connectivity index (χ1) is 10.2. The van der Waals surface area contributed by atoms with Gasteiger partial charge in [-0.25, -0.2) is 0 Å². The summed E-state index contributed by atoms with van der Waals surface area (Å²) in [4.78, 5) is 12.0. The quantitative estimate of drug-likeness (QED) is 0.846. The van der Waals surface area contributed by atoms with Crippen LogP contribution >= 0.6 is 0 Å². The van der Waals surface area contributed by atoms with Gasteiger partial charge in [0.15, 0.2) is 0 Å². The summed E-state index contributed by atoms with van der Waals surface area (Å²) < 4.78 is 5.39. The molecule has 0 aliphatic heterocycles. The van der Waals surface area contributed by atoms with Crippen LogP contribution in [0.15, 0.2) is 24.3 Å². The third-order valence-electron chi connectivity index (χ3n) is 4.08. The van der Waals surface area contributed by atoms with Crippen LogP contribution < -0.4 is 15.4 Å². The number of hydrogen-bond donors (Lipinski definition) is 2. The number of carbonyl (C=O) groups excluding carboxylic acids is 1. The fourth-order valence-electron chi connectivity index (χ4n) is 2.81. The molecule has 1 amide bonds. The van der Waals surface area contributed by atoms with Gasteiger partial charge in [0.25, 0.3) is 0 Å². The Hall–Kier alpha value is -1.71. The first kappa shape index (κ1) is 15.7. The van der Waals surface area contributed by atoms with Crippen LogP contribution in [0.2, 0.25) is 0 Å². The average Bonchev–Trinajstić information content (AvgIpc) is 2.49. The van der Waals surface area contributed by atoms with E-state index >= 15 is 0 Å². The van der Waals surface area contributed by atoms with Crippen molar-refractivity contribution in [2.24, 2.45) is 5.92 Å². The van der Waals surface area contributed by atoms with E-state index < -0.39 is 0 Å². The summed E-state index contributed by atoms with van der Waals surface area (Å²) in [6, 6.07) is 8.02. The summed E-state index contributed by atoms with van der Waals surface area (Å²) >= 11 is 0. The summed E-state index contributed by atoms with van der Waals surface area (Å²) in [5.41, 5.74) is 0.935. The second kappa shape index (κ2) is 7.91. The van der Waals surface area contributed by atoms with Crippen molar-refractivity contribution in [2.75, 3.05) is 18.5 Å². The van der Waals surface area contributed by atoms with Gasteiger partial charge in [0, 0.05) is 11.7 Å². The van der Waals surface area contributed by atoms with Crippen molar-refractivity contribution in [3.63, 3.8) is 0 Å². The Morgan fingerprint density at radius 1 is 1.24 bits per heavy atom. The zero-order valence-electron chi connectivity index (χ0n) is 13.0. The molecule has 2 rings (SSSR count). The van der Waals surface area contributed by atoms with Crippen LogP contribution in [-0.2, 0) is 4.79 Å². The van der Waals surface area contributed by atoms with Gasteiger partial charge in [-0.3, -0.25) is 4.79 Å². The molecule has 4 heteroatoms. The van der Waals surface area contributed by atoms with E-state index in [0.29, 0.717) is 25.1 Å². The topological polar surface area (TPSA) is 50.4 Å². The van der Waals surface area contributed by atoms with Crippen molar-refractivity contribution in [3.8, 4) is 5.75 Å². The Bertz CT molecular complexity index is 445. The average molecular weight is 290 g/mol. The summed E-state index contributed by atoms with van der Waals surface area (Å²) in [5.74, 6) is 1.51. The lowest BCUT2D eigenvalue weighted by Crippen LogP contribution is -2.43. The van der Waals surface area contributed by atoms with Crippen LogP contribution in [0.4, 0.5) is 5.69 Å². The smallest absolute Gasteiger partial charge is 0.239 e. The molecule has 0 spiro atoms. The first-order valence-electron chi connectivity index (χ1n) is 7.95. The van der Waals surface area contributed by atoms with E-state index in [9.17, 15) is 4.79 Å². The molecule has 1 aromatic carbocycles. The van der Waals surface area contributed by atoms with Crippen LogP contribution in [0.3, 0.4) is 0 Å². The van der Waals surface area contributed by atoms with Crippen LogP contribution in [0.5, 0.6) is 5.75 Å². The van der Waals surface area contributed by atoms with Gasteiger partial charge in [-0.15, -0.1) is 0 Å². The van der Waals surface area contributed by atoms with E-state index in [-0.39, 0.29) is 5.91 Å². The molecule has 0 radical (unpaired) electrons. The van der Waals surface area contributed by atoms with Gasteiger partial charge in [0.05, 0.1) is 13.2 Å². The van der Waals surface area contributed by atoms with E-state index in [1.165, 1.54) is 19.3 Å². The Balaban J connectivity index is 1.75. The van der Waals surface area contributed by atoms with E-state index in [1.807, 2.05) is 31.2 Å². The molecule has 0 bridgehead atoms. The number of hydrogen-bond acceptors (Lipinski definition) is 3. The predicted molar refractivity (Wildman–Crippen MR) is 85.7 cm³/mol. The van der Waals surface area contributed by atoms with Crippen molar-refractivity contribution in [3.05, 3.63) is 24.3 Å². The van der Waals surface area contributed by atoms with Crippen molar-refractivity contribution in [2.45, 2.75) is 45.6 Å². The van der Waals surface area contributed by atoms with Gasteiger partial charge in [0.2, 0.25) is 5.91 Å². The number of benzene rings is 1. The largest absolute Gasteiger partial charge is 0.494 e. The lowest BCUT2D eigenvalue weighted by molar-refractivity contribution is -0.120. The maximum absolute atomic E-state index is 12.0. The molecule has 4 nitrogen and oxygen atoms in total. The van der Waals surface area contributed by atoms with Crippen molar-refractivity contribution in [1.29, 1.82) is 0 Å². The molecule has 2 N–H and O–H groups in total. The summed E-state index contributed by atoms with van der Waals surface area (Å²) in [6.45, 7) is 5.17. The lowest BCUT2D eigenvalue weighted by Gasteiger charge is -2.29. The zero-order valence-corrected chi connectivity index (χ0v) is 13.0. The molecule has 2 unspecified atom stereocenters. The molecule has 0 aromatic heterocycles. The number of rotatable bonds is 6. The molecule has 0 heterocycles. The highest BCUT2D eigenvalue weighted by molar-refractivity contribution is 5.81. The molecular weight excluding hydrogens is 264 g/mol. The van der Waals surface area contributed by atoms with E-state index in [0.717, 1.165) is 17.9 Å². The lowest BCUT2D eigenvalue weighted by atomic mass is 9.86. The Labute approximate surface area is 127 Å². The highest BCUT2D eigenvalue weighted by Gasteiger charge is 2.22. The summed E-state index contributed by atoms with van der Waals surface area (Å²) in [7, 11) is 0. The predicted octanol–water partition coefficient (Wildman–Crippen LogP) is 3.19. The molecule has 2 atom stereocenters. The SMILES string of the molecule is CCOc1ccc(NCC(=O)NC2CCCCC2C)cc1. The fourth-order valence-corrected chi connectivity index (χ4v) is 2.81. The molecule has 21 heavy (non-hydrogen) atoms. The number of carbonyl (C=O) groups is 1. The molecule has 1 aromatic rings. The Morgan fingerprint density at radius 3 is 2.62 bits per heavy atom. The third-order valence-corrected chi connectivity index (χ3v) is 4.08. The minimum Gasteiger partial charge on any atom is -0.494 e. The fraction of sp³-hybridized carbons (Fsp3) is 0.588.